The highest BCUT2D eigenvalue weighted by atomic mass is 16.5. The molecular weight excluding hydrogens is 250 g/mol. The average molecular weight is 271 g/mol. The lowest BCUT2D eigenvalue weighted by atomic mass is 10.0. The van der Waals surface area contributed by atoms with Crippen molar-refractivity contribution in [2.75, 3.05) is 24.8 Å². The molecule has 1 unspecified atom stereocenters. The number of likely N-dealkylation sites (N-methyl/N-ethyl adjacent to an activating group) is 1. The van der Waals surface area contributed by atoms with Crippen molar-refractivity contribution in [1.29, 1.82) is 0 Å². The van der Waals surface area contributed by atoms with Crippen LogP contribution in [0.3, 0.4) is 0 Å². The molecule has 106 valence electrons. The highest BCUT2D eigenvalue weighted by Gasteiger charge is 2.15. The lowest BCUT2D eigenvalue weighted by Gasteiger charge is -2.27. The fraction of sp³-hybridized carbons (Fsp3) is 0.312. The second kappa shape index (κ2) is 6.28. The Hall–Kier alpha value is -2.23. The summed E-state index contributed by atoms with van der Waals surface area (Å²) < 4.78 is 5.40. The van der Waals surface area contributed by atoms with Crippen molar-refractivity contribution in [3.05, 3.63) is 48.2 Å². The highest BCUT2D eigenvalue weighted by molar-refractivity contribution is 5.62. The number of rotatable bonds is 5. The Balaban J connectivity index is 2.16. The van der Waals surface area contributed by atoms with Crippen molar-refractivity contribution in [1.82, 2.24) is 4.98 Å². The van der Waals surface area contributed by atoms with Gasteiger partial charge in [0, 0.05) is 19.3 Å². The first-order chi connectivity index (χ1) is 9.63. The van der Waals surface area contributed by atoms with E-state index in [1.165, 1.54) is 5.56 Å². The van der Waals surface area contributed by atoms with Gasteiger partial charge in [-0.2, -0.15) is 0 Å². The average Bonchev–Trinajstić information content (AvgIpc) is 2.47. The van der Waals surface area contributed by atoms with Crippen LogP contribution in [0, 0.1) is 0 Å². The summed E-state index contributed by atoms with van der Waals surface area (Å²) in [5, 5.41) is 0. The summed E-state index contributed by atoms with van der Waals surface area (Å²) in [7, 11) is 3.71. The van der Waals surface area contributed by atoms with E-state index in [1.54, 1.807) is 13.3 Å². The van der Waals surface area contributed by atoms with E-state index in [1.807, 2.05) is 37.4 Å². The third kappa shape index (κ3) is 3.02. The van der Waals surface area contributed by atoms with Gasteiger partial charge < -0.3 is 15.4 Å². The largest absolute Gasteiger partial charge is 0.496 e. The van der Waals surface area contributed by atoms with E-state index in [2.05, 4.69) is 22.9 Å². The summed E-state index contributed by atoms with van der Waals surface area (Å²) in [5.41, 5.74) is 7.86. The van der Waals surface area contributed by atoms with Crippen LogP contribution in [-0.2, 0) is 6.42 Å². The van der Waals surface area contributed by atoms with Gasteiger partial charge in [0.15, 0.2) is 5.82 Å². The van der Waals surface area contributed by atoms with Crippen LogP contribution in [0.15, 0.2) is 42.6 Å². The number of anilines is 2. The molecule has 0 aliphatic rings. The molecule has 0 fully saturated rings. The highest BCUT2D eigenvalue weighted by Crippen LogP contribution is 2.24. The zero-order valence-electron chi connectivity index (χ0n) is 12.2. The predicted octanol–water partition coefficient (Wildman–Crippen LogP) is 2.74. The van der Waals surface area contributed by atoms with Gasteiger partial charge in [-0.3, -0.25) is 0 Å². The Kier molecular flexibility index (Phi) is 4.45. The van der Waals surface area contributed by atoms with Crippen LogP contribution in [0.1, 0.15) is 12.5 Å². The lowest BCUT2D eigenvalue weighted by molar-refractivity contribution is 0.408. The normalized spacial score (nSPS) is 11.9. The van der Waals surface area contributed by atoms with Crippen LogP contribution >= 0.6 is 0 Å². The number of nitrogen functional groups attached to an aromatic ring is 1. The second-order valence-corrected chi connectivity index (χ2v) is 4.89. The molecule has 0 bridgehead atoms. The van der Waals surface area contributed by atoms with Gasteiger partial charge in [-0.05, 0) is 37.1 Å². The maximum atomic E-state index is 5.98. The standard InChI is InChI=1S/C16H21N3O/c1-12(11-13-7-4-5-9-15(13)20-3)19(2)16-14(17)8-6-10-18-16/h4-10,12H,11,17H2,1-3H3. The van der Waals surface area contributed by atoms with E-state index >= 15 is 0 Å². The topological polar surface area (TPSA) is 51.4 Å². The molecule has 1 heterocycles. The van der Waals surface area contributed by atoms with E-state index in [0.717, 1.165) is 18.0 Å². The van der Waals surface area contributed by atoms with Gasteiger partial charge in [0.2, 0.25) is 0 Å². The van der Waals surface area contributed by atoms with E-state index in [0.29, 0.717) is 5.69 Å². The first kappa shape index (κ1) is 14.2. The molecule has 0 spiro atoms. The zero-order chi connectivity index (χ0) is 14.5. The maximum Gasteiger partial charge on any atom is 0.151 e. The number of para-hydroxylation sites is 1. The molecule has 1 atom stereocenters. The predicted molar refractivity (Wildman–Crippen MR) is 83.2 cm³/mol. The van der Waals surface area contributed by atoms with E-state index in [-0.39, 0.29) is 6.04 Å². The van der Waals surface area contributed by atoms with Gasteiger partial charge >= 0.3 is 0 Å². The quantitative estimate of drug-likeness (QED) is 0.908. The van der Waals surface area contributed by atoms with Gasteiger partial charge in [-0.15, -0.1) is 0 Å². The van der Waals surface area contributed by atoms with Gasteiger partial charge in [0.05, 0.1) is 12.8 Å². The van der Waals surface area contributed by atoms with Crippen molar-refractivity contribution >= 4 is 11.5 Å². The Morgan fingerprint density at radius 2 is 2.00 bits per heavy atom. The van der Waals surface area contributed by atoms with Gasteiger partial charge in [-0.1, -0.05) is 18.2 Å². The molecule has 1 aromatic heterocycles. The third-order valence-electron chi connectivity index (χ3n) is 3.52. The minimum atomic E-state index is 0.267. The SMILES string of the molecule is COc1ccccc1CC(C)N(C)c1ncccc1N. The molecule has 0 aliphatic carbocycles. The minimum absolute atomic E-state index is 0.267. The minimum Gasteiger partial charge on any atom is -0.496 e. The zero-order valence-corrected chi connectivity index (χ0v) is 12.2. The van der Waals surface area contributed by atoms with E-state index in [4.69, 9.17) is 10.5 Å². The summed E-state index contributed by atoms with van der Waals surface area (Å²) in [4.78, 5) is 6.45. The van der Waals surface area contributed by atoms with Crippen LogP contribution in [0.2, 0.25) is 0 Å². The number of nitrogens with two attached hydrogens (primary N) is 1. The number of nitrogens with zero attached hydrogens (tertiary/aromatic N) is 2. The molecule has 2 rings (SSSR count). The second-order valence-electron chi connectivity index (χ2n) is 4.89. The number of aromatic nitrogens is 1. The van der Waals surface area contributed by atoms with Crippen LogP contribution < -0.4 is 15.4 Å². The lowest BCUT2D eigenvalue weighted by Crippen LogP contribution is -2.32. The van der Waals surface area contributed by atoms with Crippen LogP contribution in [-0.4, -0.2) is 25.2 Å². The van der Waals surface area contributed by atoms with Crippen LogP contribution in [0.25, 0.3) is 0 Å². The monoisotopic (exact) mass is 271 g/mol. The molecular formula is C16H21N3O. The first-order valence-electron chi connectivity index (χ1n) is 6.68. The fourth-order valence-electron chi connectivity index (χ4n) is 2.24. The third-order valence-corrected chi connectivity index (χ3v) is 3.52. The van der Waals surface area contributed by atoms with Crippen molar-refractivity contribution in [3.63, 3.8) is 0 Å². The Morgan fingerprint density at radius 3 is 2.70 bits per heavy atom. The van der Waals surface area contributed by atoms with Gasteiger partial charge in [-0.25, -0.2) is 4.98 Å². The van der Waals surface area contributed by atoms with Crippen LogP contribution in [0.4, 0.5) is 11.5 Å². The van der Waals surface area contributed by atoms with Gasteiger partial charge in [0.1, 0.15) is 5.75 Å². The Labute approximate surface area is 120 Å². The molecule has 2 N–H and O–H groups in total. The van der Waals surface area contributed by atoms with Crippen LogP contribution in [0.5, 0.6) is 5.75 Å². The molecule has 4 nitrogen and oxygen atoms in total. The summed E-state index contributed by atoms with van der Waals surface area (Å²) >= 11 is 0. The maximum absolute atomic E-state index is 5.98. The molecule has 4 heteroatoms. The van der Waals surface area contributed by atoms with Crippen molar-refractivity contribution < 1.29 is 4.74 Å². The summed E-state index contributed by atoms with van der Waals surface area (Å²) in [5.74, 6) is 1.73. The molecule has 0 aliphatic heterocycles. The van der Waals surface area contributed by atoms with E-state index < -0.39 is 0 Å². The molecule has 2 aromatic rings. The smallest absolute Gasteiger partial charge is 0.151 e. The number of hydrogen-bond donors (Lipinski definition) is 1. The van der Waals surface area contributed by atoms with Crippen molar-refractivity contribution in [2.45, 2.75) is 19.4 Å². The molecule has 0 saturated heterocycles. The number of benzene rings is 1. The van der Waals surface area contributed by atoms with Crippen molar-refractivity contribution in [2.24, 2.45) is 0 Å². The summed E-state index contributed by atoms with van der Waals surface area (Å²) in [6, 6.07) is 12.1. The molecule has 1 aromatic carbocycles. The van der Waals surface area contributed by atoms with Gasteiger partial charge in [0.25, 0.3) is 0 Å². The number of pyridine rings is 1. The summed E-state index contributed by atoms with van der Waals surface area (Å²) in [6.45, 7) is 2.15. The molecule has 0 amide bonds. The Bertz CT molecular complexity index is 571. The first-order valence-corrected chi connectivity index (χ1v) is 6.68. The molecule has 20 heavy (non-hydrogen) atoms. The Morgan fingerprint density at radius 1 is 1.25 bits per heavy atom. The molecule has 0 saturated carbocycles. The number of methoxy groups -OCH3 is 1. The summed E-state index contributed by atoms with van der Waals surface area (Å²) in [6.07, 6.45) is 2.63. The van der Waals surface area contributed by atoms with E-state index in [9.17, 15) is 0 Å². The van der Waals surface area contributed by atoms with Crippen molar-refractivity contribution in [3.8, 4) is 5.75 Å². The fourth-order valence-corrected chi connectivity index (χ4v) is 2.24. The number of ether oxygens (including phenoxy) is 1. The molecule has 0 radical (unpaired) electrons. The number of hydrogen-bond acceptors (Lipinski definition) is 4.